The van der Waals surface area contributed by atoms with Crippen molar-refractivity contribution in [1.29, 1.82) is 0 Å². The van der Waals surface area contributed by atoms with Crippen LogP contribution < -0.4 is 4.90 Å². The number of nitrogens with zero attached hydrogens (tertiary/aromatic N) is 3. The van der Waals surface area contributed by atoms with Crippen molar-refractivity contribution in [3.63, 3.8) is 0 Å². The molecule has 1 aliphatic rings. The standard InChI is InChI=1S/C16H25N3O2/c1-16(2,3)7-12-21-14(20)13-5-10-19(11-6-13)15-17-8-4-9-18-15/h4,8-9,13H,5-7,10-12H2,1-3H3. The number of hydrogen-bond acceptors (Lipinski definition) is 5. The van der Waals surface area contributed by atoms with Crippen molar-refractivity contribution < 1.29 is 9.53 Å². The quantitative estimate of drug-likeness (QED) is 0.798. The summed E-state index contributed by atoms with van der Waals surface area (Å²) < 4.78 is 5.41. The van der Waals surface area contributed by atoms with Crippen LogP contribution in [-0.4, -0.2) is 35.6 Å². The highest BCUT2D eigenvalue weighted by atomic mass is 16.5. The topological polar surface area (TPSA) is 55.3 Å². The molecule has 0 atom stereocenters. The zero-order valence-electron chi connectivity index (χ0n) is 13.2. The highest BCUT2D eigenvalue weighted by Crippen LogP contribution is 2.22. The minimum absolute atomic E-state index is 0.0185. The molecule has 116 valence electrons. The summed E-state index contributed by atoms with van der Waals surface area (Å²) in [5.41, 5.74) is 0.203. The Bertz CT molecular complexity index is 448. The van der Waals surface area contributed by atoms with Crippen molar-refractivity contribution in [3.05, 3.63) is 18.5 Å². The van der Waals surface area contributed by atoms with Crippen LogP contribution in [0.4, 0.5) is 5.95 Å². The molecule has 0 saturated carbocycles. The van der Waals surface area contributed by atoms with Gasteiger partial charge in [0.2, 0.25) is 5.95 Å². The Morgan fingerprint density at radius 1 is 1.29 bits per heavy atom. The van der Waals surface area contributed by atoms with Crippen LogP contribution in [-0.2, 0) is 9.53 Å². The molecule has 5 nitrogen and oxygen atoms in total. The molecule has 1 aromatic rings. The number of hydrogen-bond donors (Lipinski definition) is 0. The normalized spacial score (nSPS) is 16.8. The zero-order valence-corrected chi connectivity index (χ0v) is 13.2. The van der Waals surface area contributed by atoms with Crippen LogP contribution >= 0.6 is 0 Å². The fourth-order valence-corrected chi connectivity index (χ4v) is 2.35. The lowest BCUT2D eigenvalue weighted by Gasteiger charge is -2.30. The van der Waals surface area contributed by atoms with Gasteiger partial charge in [0.05, 0.1) is 12.5 Å². The van der Waals surface area contributed by atoms with E-state index in [1.807, 2.05) is 6.07 Å². The summed E-state index contributed by atoms with van der Waals surface area (Å²) in [6.07, 6.45) is 6.01. The minimum atomic E-state index is -0.0483. The third-order valence-electron chi connectivity index (χ3n) is 3.76. The van der Waals surface area contributed by atoms with Gasteiger partial charge < -0.3 is 9.64 Å². The van der Waals surface area contributed by atoms with Crippen molar-refractivity contribution in [1.82, 2.24) is 9.97 Å². The number of carbonyl (C=O) groups is 1. The van der Waals surface area contributed by atoms with Crippen LogP contribution in [0.1, 0.15) is 40.0 Å². The molecule has 1 saturated heterocycles. The maximum atomic E-state index is 12.1. The first-order chi connectivity index (χ1) is 9.96. The highest BCUT2D eigenvalue weighted by molar-refractivity contribution is 5.72. The summed E-state index contributed by atoms with van der Waals surface area (Å²) >= 11 is 0. The Balaban J connectivity index is 1.75. The van der Waals surface area contributed by atoms with E-state index in [-0.39, 0.29) is 17.3 Å². The van der Waals surface area contributed by atoms with E-state index >= 15 is 0 Å². The highest BCUT2D eigenvalue weighted by Gasteiger charge is 2.27. The average molecular weight is 291 g/mol. The van der Waals surface area contributed by atoms with Gasteiger partial charge in [0.1, 0.15) is 0 Å². The van der Waals surface area contributed by atoms with Gasteiger partial charge in [-0.2, -0.15) is 0 Å². The summed E-state index contributed by atoms with van der Waals surface area (Å²) in [5.74, 6) is 0.717. The molecule has 0 amide bonds. The van der Waals surface area contributed by atoms with E-state index in [1.54, 1.807) is 12.4 Å². The van der Waals surface area contributed by atoms with Crippen LogP contribution in [0, 0.1) is 11.3 Å². The molecule has 21 heavy (non-hydrogen) atoms. The first kappa shape index (κ1) is 15.7. The maximum Gasteiger partial charge on any atom is 0.309 e. The Morgan fingerprint density at radius 3 is 2.48 bits per heavy atom. The van der Waals surface area contributed by atoms with Gasteiger partial charge in [0.25, 0.3) is 0 Å². The molecule has 0 unspecified atom stereocenters. The van der Waals surface area contributed by atoms with Gasteiger partial charge in [0.15, 0.2) is 0 Å². The summed E-state index contributed by atoms with van der Waals surface area (Å²) in [6.45, 7) is 8.59. The second-order valence-electron chi connectivity index (χ2n) is 6.79. The lowest BCUT2D eigenvalue weighted by molar-refractivity contribution is -0.149. The van der Waals surface area contributed by atoms with Crippen LogP contribution in [0.5, 0.6) is 0 Å². The Morgan fingerprint density at radius 2 is 1.90 bits per heavy atom. The molecule has 1 fully saturated rings. The van der Waals surface area contributed by atoms with Gasteiger partial charge in [0, 0.05) is 25.5 Å². The molecular weight excluding hydrogens is 266 g/mol. The zero-order chi connectivity index (χ0) is 15.3. The van der Waals surface area contributed by atoms with E-state index in [2.05, 4.69) is 35.6 Å². The third-order valence-corrected chi connectivity index (χ3v) is 3.76. The first-order valence-corrected chi connectivity index (χ1v) is 7.64. The average Bonchev–Trinajstić information content (AvgIpc) is 2.47. The summed E-state index contributed by atoms with van der Waals surface area (Å²) in [5, 5.41) is 0. The van der Waals surface area contributed by atoms with Crippen molar-refractivity contribution >= 4 is 11.9 Å². The molecule has 1 aliphatic heterocycles. The van der Waals surface area contributed by atoms with Crippen molar-refractivity contribution in [2.45, 2.75) is 40.0 Å². The number of ether oxygens (including phenoxy) is 1. The van der Waals surface area contributed by atoms with Gasteiger partial charge in [-0.1, -0.05) is 20.8 Å². The van der Waals surface area contributed by atoms with Crippen LogP contribution in [0.25, 0.3) is 0 Å². The van der Waals surface area contributed by atoms with Gasteiger partial charge in [-0.25, -0.2) is 9.97 Å². The number of carbonyl (C=O) groups excluding carboxylic acids is 1. The first-order valence-electron chi connectivity index (χ1n) is 7.64. The number of anilines is 1. The molecular formula is C16H25N3O2. The predicted octanol–water partition coefficient (Wildman–Crippen LogP) is 2.67. The third kappa shape index (κ3) is 4.99. The van der Waals surface area contributed by atoms with Crippen molar-refractivity contribution in [2.75, 3.05) is 24.6 Å². The van der Waals surface area contributed by atoms with Crippen molar-refractivity contribution in [2.24, 2.45) is 11.3 Å². The van der Waals surface area contributed by atoms with Crippen molar-refractivity contribution in [3.8, 4) is 0 Å². The predicted molar refractivity (Wildman–Crippen MR) is 82.0 cm³/mol. The number of piperidine rings is 1. The summed E-state index contributed by atoms with van der Waals surface area (Å²) in [7, 11) is 0. The second kappa shape index (κ2) is 6.87. The van der Waals surface area contributed by atoms with E-state index < -0.39 is 0 Å². The molecule has 1 aromatic heterocycles. The fraction of sp³-hybridized carbons (Fsp3) is 0.688. The molecule has 0 spiro atoms. The summed E-state index contributed by atoms with van der Waals surface area (Å²) in [6, 6.07) is 1.81. The van der Waals surface area contributed by atoms with Gasteiger partial charge in [-0.05, 0) is 30.7 Å². The fourth-order valence-electron chi connectivity index (χ4n) is 2.35. The van der Waals surface area contributed by atoms with Gasteiger partial charge in [-0.15, -0.1) is 0 Å². The number of aromatic nitrogens is 2. The SMILES string of the molecule is CC(C)(C)CCOC(=O)C1CCN(c2ncccn2)CC1. The van der Waals surface area contributed by atoms with E-state index in [9.17, 15) is 4.79 Å². The molecule has 5 heteroatoms. The molecule has 0 bridgehead atoms. The lowest BCUT2D eigenvalue weighted by atomic mass is 9.93. The van der Waals surface area contributed by atoms with Crippen LogP contribution in [0.3, 0.4) is 0 Å². The van der Waals surface area contributed by atoms with Gasteiger partial charge in [-0.3, -0.25) is 4.79 Å². The molecule has 2 heterocycles. The van der Waals surface area contributed by atoms with E-state index in [1.165, 1.54) is 0 Å². The summed E-state index contributed by atoms with van der Waals surface area (Å²) in [4.78, 5) is 22.7. The minimum Gasteiger partial charge on any atom is -0.465 e. The van der Waals surface area contributed by atoms with Crippen LogP contribution in [0.15, 0.2) is 18.5 Å². The van der Waals surface area contributed by atoms with E-state index in [0.717, 1.165) is 38.3 Å². The number of rotatable bonds is 4. The van der Waals surface area contributed by atoms with E-state index in [0.29, 0.717) is 6.61 Å². The Kier molecular flexibility index (Phi) is 5.15. The van der Waals surface area contributed by atoms with Gasteiger partial charge >= 0.3 is 5.97 Å². The van der Waals surface area contributed by atoms with E-state index in [4.69, 9.17) is 4.74 Å². The molecule has 0 N–H and O–H groups in total. The second-order valence-corrected chi connectivity index (χ2v) is 6.79. The Hall–Kier alpha value is -1.65. The largest absolute Gasteiger partial charge is 0.465 e. The maximum absolute atomic E-state index is 12.1. The molecule has 0 aromatic carbocycles. The smallest absolute Gasteiger partial charge is 0.309 e. The molecule has 0 radical (unpaired) electrons. The number of esters is 1. The molecule has 2 rings (SSSR count). The lowest BCUT2D eigenvalue weighted by Crippen LogP contribution is -2.38. The van der Waals surface area contributed by atoms with Crippen LogP contribution in [0.2, 0.25) is 0 Å². The molecule has 0 aliphatic carbocycles. The monoisotopic (exact) mass is 291 g/mol. The Labute approximate surface area is 126 Å².